The number of ether oxygens (including phenoxy) is 2. The van der Waals surface area contributed by atoms with Gasteiger partial charge >= 0.3 is 5.97 Å². The zero-order valence-corrected chi connectivity index (χ0v) is 8.41. The second-order valence-electron chi connectivity index (χ2n) is 2.70. The first-order chi connectivity index (χ1) is 6.22. The zero-order valence-electron chi connectivity index (χ0n) is 8.41. The van der Waals surface area contributed by atoms with E-state index in [4.69, 9.17) is 15.2 Å². The van der Waals surface area contributed by atoms with E-state index in [0.717, 1.165) is 6.42 Å². The quantitative estimate of drug-likeness (QED) is 0.473. The smallest absolute Gasteiger partial charge is 0.322 e. The summed E-state index contributed by atoms with van der Waals surface area (Å²) in [4.78, 5) is 11.0. The lowest BCUT2D eigenvalue weighted by atomic mass is 10.2. The molecule has 1 unspecified atom stereocenters. The van der Waals surface area contributed by atoms with Crippen LogP contribution in [0.25, 0.3) is 0 Å². The Bertz CT molecular complexity index is 139. The molecule has 0 radical (unpaired) electrons. The molecule has 0 saturated carbocycles. The maximum absolute atomic E-state index is 11.0. The van der Waals surface area contributed by atoms with Gasteiger partial charge in [0.1, 0.15) is 6.04 Å². The monoisotopic (exact) mass is 189 g/mol. The Kier molecular flexibility index (Phi) is 7.63. The number of rotatable bonds is 7. The van der Waals surface area contributed by atoms with Crippen LogP contribution >= 0.6 is 0 Å². The SMILES string of the molecule is CCOCCCC(N)C(=O)OCC. The fourth-order valence-electron chi connectivity index (χ4n) is 0.917. The van der Waals surface area contributed by atoms with Gasteiger partial charge in [0, 0.05) is 13.2 Å². The van der Waals surface area contributed by atoms with Crippen LogP contribution in [-0.4, -0.2) is 31.8 Å². The van der Waals surface area contributed by atoms with E-state index in [1.54, 1.807) is 6.92 Å². The highest BCUT2D eigenvalue weighted by Gasteiger charge is 2.13. The van der Waals surface area contributed by atoms with Gasteiger partial charge in [0.05, 0.1) is 6.61 Å². The highest BCUT2D eigenvalue weighted by atomic mass is 16.5. The van der Waals surface area contributed by atoms with Crippen LogP contribution in [0.15, 0.2) is 0 Å². The van der Waals surface area contributed by atoms with Gasteiger partial charge in [-0.05, 0) is 26.7 Å². The predicted molar refractivity (Wildman–Crippen MR) is 50.3 cm³/mol. The van der Waals surface area contributed by atoms with E-state index >= 15 is 0 Å². The first-order valence-corrected chi connectivity index (χ1v) is 4.72. The number of hydrogen-bond acceptors (Lipinski definition) is 4. The molecule has 0 amide bonds. The van der Waals surface area contributed by atoms with Crippen LogP contribution in [-0.2, 0) is 14.3 Å². The van der Waals surface area contributed by atoms with Gasteiger partial charge in [-0.1, -0.05) is 0 Å². The third-order valence-electron chi connectivity index (χ3n) is 1.60. The standard InChI is InChI=1S/C9H19NO3/c1-3-12-7-5-6-8(10)9(11)13-4-2/h8H,3-7,10H2,1-2H3. The summed E-state index contributed by atoms with van der Waals surface area (Å²) in [5.41, 5.74) is 5.56. The van der Waals surface area contributed by atoms with Crippen molar-refractivity contribution in [2.24, 2.45) is 5.73 Å². The summed E-state index contributed by atoms with van der Waals surface area (Å²) in [5.74, 6) is -0.320. The summed E-state index contributed by atoms with van der Waals surface area (Å²) in [5, 5.41) is 0. The molecule has 0 aliphatic carbocycles. The fraction of sp³-hybridized carbons (Fsp3) is 0.889. The Morgan fingerprint density at radius 2 is 2.08 bits per heavy atom. The van der Waals surface area contributed by atoms with Crippen LogP contribution in [0.1, 0.15) is 26.7 Å². The second kappa shape index (κ2) is 8.01. The van der Waals surface area contributed by atoms with Gasteiger partial charge in [0.2, 0.25) is 0 Å². The Balaban J connectivity index is 3.38. The van der Waals surface area contributed by atoms with Crippen LogP contribution in [0, 0.1) is 0 Å². The van der Waals surface area contributed by atoms with Gasteiger partial charge in [-0.25, -0.2) is 0 Å². The molecule has 4 nitrogen and oxygen atoms in total. The van der Waals surface area contributed by atoms with Crippen LogP contribution in [0.4, 0.5) is 0 Å². The van der Waals surface area contributed by atoms with Gasteiger partial charge in [-0.3, -0.25) is 4.79 Å². The number of carbonyl (C=O) groups excluding carboxylic acids is 1. The third-order valence-corrected chi connectivity index (χ3v) is 1.60. The maximum Gasteiger partial charge on any atom is 0.322 e. The minimum Gasteiger partial charge on any atom is -0.465 e. The van der Waals surface area contributed by atoms with Crippen LogP contribution in [0.5, 0.6) is 0 Å². The molecule has 0 aliphatic heterocycles. The molecule has 13 heavy (non-hydrogen) atoms. The van der Waals surface area contributed by atoms with Crippen molar-refractivity contribution in [1.29, 1.82) is 0 Å². The van der Waals surface area contributed by atoms with Crippen molar-refractivity contribution in [2.75, 3.05) is 19.8 Å². The molecule has 0 aliphatic rings. The summed E-state index contributed by atoms with van der Waals surface area (Å²) in [6, 6.07) is -0.500. The average Bonchev–Trinajstić information content (AvgIpc) is 2.12. The molecule has 0 spiro atoms. The minimum absolute atomic E-state index is 0.320. The molecule has 0 aromatic rings. The summed E-state index contributed by atoms with van der Waals surface area (Å²) in [6.45, 7) is 5.45. The largest absolute Gasteiger partial charge is 0.465 e. The van der Waals surface area contributed by atoms with Gasteiger partial charge in [-0.15, -0.1) is 0 Å². The lowest BCUT2D eigenvalue weighted by Crippen LogP contribution is -2.32. The molecule has 4 heteroatoms. The Hall–Kier alpha value is -0.610. The fourth-order valence-corrected chi connectivity index (χ4v) is 0.917. The summed E-state index contributed by atoms with van der Waals surface area (Å²) in [6.07, 6.45) is 1.42. The molecular weight excluding hydrogens is 170 g/mol. The van der Waals surface area contributed by atoms with Crippen molar-refractivity contribution < 1.29 is 14.3 Å². The molecule has 78 valence electrons. The summed E-state index contributed by atoms with van der Waals surface area (Å²) in [7, 11) is 0. The second-order valence-corrected chi connectivity index (χ2v) is 2.70. The molecule has 0 aromatic carbocycles. The van der Waals surface area contributed by atoms with Crippen LogP contribution < -0.4 is 5.73 Å². The first-order valence-electron chi connectivity index (χ1n) is 4.72. The van der Waals surface area contributed by atoms with Crippen molar-refractivity contribution in [2.45, 2.75) is 32.7 Å². The highest BCUT2D eigenvalue weighted by molar-refractivity contribution is 5.75. The lowest BCUT2D eigenvalue weighted by Gasteiger charge is -2.09. The molecule has 0 heterocycles. The Labute approximate surface area is 79.4 Å². The normalized spacial score (nSPS) is 12.5. The maximum atomic E-state index is 11.0. The highest BCUT2D eigenvalue weighted by Crippen LogP contribution is 1.97. The number of esters is 1. The van der Waals surface area contributed by atoms with E-state index < -0.39 is 6.04 Å². The van der Waals surface area contributed by atoms with Gasteiger partial charge in [-0.2, -0.15) is 0 Å². The van der Waals surface area contributed by atoms with Crippen molar-refractivity contribution in [3.63, 3.8) is 0 Å². The lowest BCUT2D eigenvalue weighted by molar-refractivity contribution is -0.144. The molecule has 2 N–H and O–H groups in total. The van der Waals surface area contributed by atoms with E-state index in [0.29, 0.717) is 26.2 Å². The van der Waals surface area contributed by atoms with Gasteiger partial charge in [0.25, 0.3) is 0 Å². The first kappa shape index (κ1) is 12.4. The number of nitrogens with two attached hydrogens (primary N) is 1. The zero-order chi connectivity index (χ0) is 10.1. The van der Waals surface area contributed by atoms with E-state index in [1.165, 1.54) is 0 Å². The average molecular weight is 189 g/mol. The summed E-state index contributed by atoms with van der Waals surface area (Å²) >= 11 is 0. The molecular formula is C9H19NO3. The van der Waals surface area contributed by atoms with Crippen LogP contribution in [0.2, 0.25) is 0 Å². The molecule has 0 aromatic heterocycles. The van der Waals surface area contributed by atoms with Crippen LogP contribution in [0.3, 0.4) is 0 Å². The van der Waals surface area contributed by atoms with E-state index in [2.05, 4.69) is 0 Å². The van der Waals surface area contributed by atoms with Crippen molar-refractivity contribution in [3.8, 4) is 0 Å². The number of hydrogen-bond donors (Lipinski definition) is 1. The topological polar surface area (TPSA) is 61.5 Å². The van der Waals surface area contributed by atoms with Gasteiger partial charge < -0.3 is 15.2 Å². The molecule has 1 atom stereocenters. The minimum atomic E-state index is -0.500. The summed E-state index contributed by atoms with van der Waals surface area (Å²) < 4.78 is 9.87. The molecule has 0 saturated heterocycles. The third kappa shape index (κ3) is 6.54. The van der Waals surface area contributed by atoms with E-state index in [9.17, 15) is 4.79 Å². The van der Waals surface area contributed by atoms with Gasteiger partial charge in [0.15, 0.2) is 0 Å². The molecule has 0 fully saturated rings. The Morgan fingerprint density at radius 1 is 1.38 bits per heavy atom. The number of carbonyl (C=O) groups is 1. The Morgan fingerprint density at radius 3 is 2.62 bits per heavy atom. The van der Waals surface area contributed by atoms with Crippen molar-refractivity contribution >= 4 is 5.97 Å². The van der Waals surface area contributed by atoms with E-state index in [1.807, 2.05) is 6.92 Å². The van der Waals surface area contributed by atoms with E-state index in [-0.39, 0.29) is 5.97 Å². The predicted octanol–water partition coefficient (Wildman–Crippen LogP) is 0.694. The molecule has 0 bridgehead atoms. The van der Waals surface area contributed by atoms with Crippen molar-refractivity contribution in [1.82, 2.24) is 0 Å². The van der Waals surface area contributed by atoms with Crippen molar-refractivity contribution in [3.05, 3.63) is 0 Å². The molecule has 0 rings (SSSR count).